The highest BCUT2D eigenvalue weighted by atomic mass is 79.9. The Kier molecular flexibility index (Phi) is 3.18. The third kappa shape index (κ3) is 2.24. The fourth-order valence-electron chi connectivity index (χ4n) is 1.30. The van der Waals surface area contributed by atoms with Crippen molar-refractivity contribution in [1.82, 2.24) is 0 Å². The number of hydrogen-bond donors (Lipinski definition) is 0. The molecule has 1 aliphatic rings. The van der Waals surface area contributed by atoms with E-state index in [9.17, 15) is 0 Å². The zero-order valence-corrected chi connectivity index (χ0v) is 8.23. The van der Waals surface area contributed by atoms with Gasteiger partial charge in [-0.1, -0.05) is 15.9 Å². The second-order valence-electron chi connectivity index (χ2n) is 3.30. The molecule has 0 aromatic carbocycles. The van der Waals surface area contributed by atoms with E-state index in [0.29, 0.717) is 12.2 Å². The lowest BCUT2D eigenvalue weighted by atomic mass is 9.84. The zero-order chi connectivity index (χ0) is 7.56. The van der Waals surface area contributed by atoms with Crippen LogP contribution in [0.2, 0.25) is 0 Å². The molecule has 2 heteroatoms. The average Bonchev–Trinajstić information content (AvgIpc) is 1.76. The van der Waals surface area contributed by atoms with Gasteiger partial charge in [-0.05, 0) is 32.6 Å². The SMILES string of the molecule is CC(C)OC1CC(CBr)C1. The van der Waals surface area contributed by atoms with Crippen LogP contribution >= 0.6 is 15.9 Å². The molecule has 0 aromatic rings. The first-order valence-corrected chi connectivity index (χ1v) is 5.06. The van der Waals surface area contributed by atoms with Crippen molar-refractivity contribution in [3.8, 4) is 0 Å². The molecular formula is C8H15BrO. The maximum atomic E-state index is 5.60. The Balaban J connectivity index is 2.03. The van der Waals surface area contributed by atoms with E-state index >= 15 is 0 Å². The Morgan fingerprint density at radius 1 is 1.50 bits per heavy atom. The van der Waals surface area contributed by atoms with Gasteiger partial charge in [0, 0.05) is 5.33 Å². The highest BCUT2D eigenvalue weighted by Gasteiger charge is 2.29. The molecule has 0 aromatic heterocycles. The van der Waals surface area contributed by atoms with E-state index in [2.05, 4.69) is 29.8 Å². The standard InChI is InChI=1S/C8H15BrO/c1-6(2)10-8-3-7(4-8)5-9/h6-8H,3-5H2,1-2H3. The number of ether oxygens (including phenoxy) is 1. The first-order valence-electron chi connectivity index (χ1n) is 3.93. The second-order valence-corrected chi connectivity index (χ2v) is 3.95. The molecule has 10 heavy (non-hydrogen) atoms. The minimum Gasteiger partial charge on any atom is -0.376 e. The lowest BCUT2D eigenvalue weighted by Gasteiger charge is -2.35. The van der Waals surface area contributed by atoms with Crippen molar-refractivity contribution >= 4 is 15.9 Å². The van der Waals surface area contributed by atoms with Crippen molar-refractivity contribution in [3.63, 3.8) is 0 Å². The van der Waals surface area contributed by atoms with Crippen LogP contribution < -0.4 is 0 Å². The topological polar surface area (TPSA) is 9.23 Å². The average molecular weight is 207 g/mol. The number of alkyl halides is 1. The second kappa shape index (κ2) is 3.72. The summed E-state index contributed by atoms with van der Waals surface area (Å²) in [5, 5.41) is 1.14. The molecule has 1 aliphatic carbocycles. The molecule has 0 N–H and O–H groups in total. The van der Waals surface area contributed by atoms with E-state index in [0.717, 1.165) is 11.2 Å². The van der Waals surface area contributed by atoms with Crippen LogP contribution in [0.25, 0.3) is 0 Å². The smallest absolute Gasteiger partial charge is 0.0584 e. The van der Waals surface area contributed by atoms with Gasteiger partial charge in [-0.15, -0.1) is 0 Å². The molecule has 0 unspecified atom stereocenters. The summed E-state index contributed by atoms with van der Waals surface area (Å²) in [5.74, 6) is 0.878. The van der Waals surface area contributed by atoms with Crippen molar-refractivity contribution in [2.24, 2.45) is 5.92 Å². The Labute approximate surface area is 71.3 Å². The van der Waals surface area contributed by atoms with Gasteiger partial charge in [-0.3, -0.25) is 0 Å². The summed E-state index contributed by atoms with van der Waals surface area (Å²) in [6.45, 7) is 4.20. The minimum absolute atomic E-state index is 0.404. The molecule has 1 saturated carbocycles. The summed E-state index contributed by atoms with van der Waals surface area (Å²) in [7, 11) is 0. The molecule has 0 saturated heterocycles. The predicted molar refractivity (Wildman–Crippen MR) is 46.5 cm³/mol. The largest absolute Gasteiger partial charge is 0.376 e. The predicted octanol–water partition coefficient (Wildman–Crippen LogP) is 2.58. The van der Waals surface area contributed by atoms with E-state index in [1.165, 1.54) is 12.8 Å². The number of halogens is 1. The molecule has 60 valence electrons. The number of rotatable bonds is 3. The summed E-state index contributed by atoms with van der Waals surface area (Å²) in [6.07, 6.45) is 3.47. The molecule has 0 amide bonds. The molecule has 0 aliphatic heterocycles. The van der Waals surface area contributed by atoms with Gasteiger partial charge < -0.3 is 4.74 Å². The van der Waals surface area contributed by atoms with Crippen molar-refractivity contribution in [2.75, 3.05) is 5.33 Å². The van der Waals surface area contributed by atoms with E-state index in [4.69, 9.17) is 4.74 Å². The van der Waals surface area contributed by atoms with Crippen LogP contribution in [-0.4, -0.2) is 17.5 Å². The maximum absolute atomic E-state index is 5.60. The molecule has 1 fully saturated rings. The molecular weight excluding hydrogens is 192 g/mol. The van der Waals surface area contributed by atoms with Gasteiger partial charge in [-0.2, -0.15) is 0 Å². The monoisotopic (exact) mass is 206 g/mol. The van der Waals surface area contributed by atoms with Crippen molar-refractivity contribution in [2.45, 2.75) is 38.9 Å². The Bertz CT molecular complexity index is 97.4. The van der Waals surface area contributed by atoms with E-state index in [1.54, 1.807) is 0 Å². The molecule has 0 radical (unpaired) electrons. The zero-order valence-electron chi connectivity index (χ0n) is 6.64. The molecule has 0 bridgehead atoms. The van der Waals surface area contributed by atoms with Crippen LogP contribution in [0.15, 0.2) is 0 Å². The normalized spacial score (nSPS) is 32.4. The summed E-state index contributed by atoms with van der Waals surface area (Å²) >= 11 is 3.46. The number of hydrogen-bond acceptors (Lipinski definition) is 1. The van der Waals surface area contributed by atoms with Crippen LogP contribution in [0.1, 0.15) is 26.7 Å². The van der Waals surface area contributed by atoms with Crippen LogP contribution in [-0.2, 0) is 4.74 Å². The molecule has 0 spiro atoms. The fourth-order valence-corrected chi connectivity index (χ4v) is 1.83. The maximum Gasteiger partial charge on any atom is 0.0584 e. The first-order chi connectivity index (χ1) is 4.72. The molecule has 1 rings (SSSR count). The summed E-state index contributed by atoms with van der Waals surface area (Å²) in [4.78, 5) is 0. The van der Waals surface area contributed by atoms with Crippen molar-refractivity contribution in [3.05, 3.63) is 0 Å². The lowest BCUT2D eigenvalue weighted by Crippen LogP contribution is -2.33. The quantitative estimate of drug-likeness (QED) is 0.646. The van der Waals surface area contributed by atoms with Crippen LogP contribution in [0.3, 0.4) is 0 Å². The van der Waals surface area contributed by atoms with Gasteiger partial charge in [0.2, 0.25) is 0 Å². The van der Waals surface area contributed by atoms with E-state index in [1.807, 2.05) is 0 Å². The minimum atomic E-state index is 0.404. The van der Waals surface area contributed by atoms with Gasteiger partial charge in [0.05, 0.1) is 12.2 Å². The molecule has 0 atom stereocenters. The van der Waals surface area contributed by atoms with Gasteiger partial charge in [-0.25, -0.2) is 0 Å². The van der Waals surface area contributed by atoms with Gasteiger partial charge in [0.25, 0.3) is 0 Å². The third-order valence-electron chi connectivity index (χ3n) is 1.88. The van der Waals surface area contributed by atoms with Crippen LogP contribution in [0, 0.1) is 5.92 Å². The van der Waals surface area contributed by atoms with Gasteiger partial charge in [0.1, 0.15) is 0 Å². The van der Waals surface area contributed by atoms with E-state index < -0.39 is 0 Å². The van der Waals surface area contributed by atoms with Crippen LogP contribution in [0.5, 0.6) is 0 Å². The van der Waals surface area contributed by atoms with Crippen LogP contribution in [0.4, 0.5) is 0 Å². The summed E-state index contributed by atoms with van der Waals surface area (Å²) in [5.41, 5.74) is 0. The van der Waals surface area contributed by atoms with Crippen molar-refractivity contribution < 1.29 is 4.74 Å². The Hall–Kier alpha value is 0.440. The van der Waals surface area contributed by atoms with Gasteiger partial charge >= 0.3 is 0 Å². The molecule has 1 nitrogen and oxygen atoms in total. The lowest BCUT2D eigenvalue weighted by molar-refractivity contribution is -0.0563. The van der Waals surface area contributed by atoms with E-state index in [-0.39, 0.29) is 0 Å². The fraction of sp³-hybridized carbons (Fsp3) is 1.00. The Morgan fingerprint density at radius 2 is 2.10 bits per heavy atom. The summed E-state index contributed by atoms with van der Waals surface area (Å²) < 4.78 is 5.60. The highest BCUT2D eigenvalue weighted by Crippen LogP contribution is 2.31. The van der Waals surface area contributed by atoms with Gasteiger partial charge in [0.15, 0.2) is 0 Å². The summed E-state index contributed by atoms with van der Waals surface area (Å²) in [6, 6.07) is 0. The molecule has 0 heterocycles. The Morgan fingerprint density at radius 3 is 2.50 bits per heavy atom. The van der Waals surface area contributed by atoms with Crippen molar-refractivity contribution in [1.29, 1.82) is 0 Å². The highest BCUT2D eigenvalue weighted by molar-refractivity contribution is 9.09. The first kappa shape index (κ1) is 8.54. The third-order valence-corrected chi connectivity index (χ3v) is 2.79.